The quantitative estimate of drug-likeness (QED) is 0.530. The summed E-state index contributed by atoms with van der Waals surface area (Å²) in [4.78, 5) is 13.0. The molecule has 0 bridgehead atoms. The topological polar surface area (TPSA) is 84.9 Å². The first kappa shape index (κ1) is 19.0. The fourth-order valence-corrected chi connectivity index (χ4v) is 2.95. The van der Waals surface area contributed by atoms with Gasteiger partial charge >= 0.3 is 0 Å². The summed E-state index contributed by atoms with van der Waals surface area (Å²) < 4.78 is 21.9. The summed E-state index contributed by atoms with van der Waals surface area (Å²) in [6, 6.07) is 18.1. The molecule has 0 saturated heterocycles. The van der Waals surface area contributed by atoms with Crippen molar-refractivity contribution < 1.29 is 13.9 Å². The normalized spacial score (nSPS) is 10.4. The Kier molecular flexibility index (Phi) is 5.26. The number of carbonyl (C=O) groups excluding carboxylic acids is 1. The van der Waals surface area contributed by atoms with Crippen molar-refractivity contribution in [1.82, 2.24) is 14.3 Å². The lowest BCUT2D eigenvalue weighted by atomic mass is 10.2. The summed E-state index contributed by atoms with van der Waals surface area (Å²) in [6.45, 7) is -0.0471. The molecule has 0 aliphatic rings. The fourth-order valence-electron chi connectivity index (χ4n) is 2.95. The van der Waals surface area contributed by atoms with Crippen molar-refractivity contribution in [3.05, 3.63) is 90.6 Å². The van der Waals surface area contributed by atoms with Gasteiger partial charge < -0.3 is 14.6 Å². The molecule has 1 N–H and O–H groups in total. The van der Waals surface area contributed by atoms with E-state index in [0.29, 0.717) is 28.5 Å². The van der Waals surface area contributed by atoms with Crippen LogP contribution in [0.4, 0.5) is 10.1 Å². The molecule has 2 heterocycles. The van der Waals surface area contributed by atoms with Crippen molar-refractivity contribution in [3.63, 3.8) is 0 Å². The van der Waals surface area contributed by atoms with Crippen molar-refractivity contribution in [1.29, 1.82) is 5.26 Å². The van der Waals surface area contributed by atoms with Gasteiger partial charge in [0, 0.05) is 18.1 Å². The van der Waals surface area contributed by atoms with Gasteiger partial charge in [-0.25, -0.2) is 9.07 Å². The minimum atomic E-state index is -0.353. The van der Waals surface area contributed by atoms with Gasteiger partial charge in [0.05, 0.1) is 11.9 Å². The van der Waals surface area contributed by atoms with Gasteiger partial charge in [0.1, 0.15) is 23.2 Å². The van der Waals surface area contributed by atoms with Crippen LogP contribution in [-0.2, 0) is 0 Å². The molecule has 0 radical (unpaired) electrons. The Morgan fingerprint density at radius 2 is 1.80 bits per heavy atom. The number of aromatic nitrogens is 3. The summed E-state index contributed by atoms with van der Waals surface area (Å²) in [7, 11) is 0. The Hall–Kier alpha value is -4.38. The third-order valence-electron chi connectivity index (χ3n) is 4.32. The zero-order valence-corrected chi connectivity index (χ0v) is 15.7. The van der Waals surface area contributed by atoms with E-state index in [9.17, 15) is 9.18 Å². The zero-order valence-electron chi connectivity index (χ0n) is 15.7. The van der Waals surface area contributed by atoms with Gasteiger partial charge in [0.2, 0.25) is 0 Å². The summed E-state index contributed by atoms with van der Waals surface area (Å²) in [5.41, 5.74) is 1.54. The lowest BCUT2D eigenvalue weighted by Crippen LogP contribution is -2.15. The van der Waals surface area contributed by atoms with E-state index in [-0.39, 0.29) is 18.3 Å². The minimum absolute atomic E-state index is 0.0471. The number of benzene rings is 2. The van der Waals surface area contributed by atoms with Gasteiger partial charge in [-0.05, 0) is 60.7 Å². The molecule has 0 aliphatic heterocycles. The van der Waals surface area contributed by atoms with Crippen LogP contribution >= 0.6 is 0 Å². The molecular formula is C22H16FN5O2. The van der Waals surface area contributed by atoms with E-state index >= 15 is 0 Å². The lowest BCUT2D eigenvalue weighted by Gasteiger charge is -2.11. The minimum Gasteiger partial charge on any atom is -0.479 e. The van der Waals surface area contributed by atoms with E-state index in [2.05, 4.69) is 10.4 Å². The third kappa shape index (κ3) is 3.91. The average molecular weight is 401 g/mol. The maximum atomic E-state index is 13.3. The number of ether oxygens (including phenoxy) is 1. The smallest absolute Gasteiger partial charge is 0.261 e. The Labute approximate surface area is 171 Å². The summed E-state index contributed by atoms with van der Waals surface area (Å²) in [6.07, 6.45) is 5.07. The van der Waals surface area contributed by atoms with E-state index < -0.39 is 0 Å². The second-order valence-corrected chi connectivity index (χ2v) is 6.29. The molecular weight excluding hydrogens is 385 g/mol. The first-order chi connectivity index (χ1) is 14.7. The molecule has 1 amide bonds. The molecule has 2 aromatic heterocycles. The Morgan fingerprint density at radius 1 is 1.10 bits per heavy atom. The first-order valence-electron chi connectivity index (χ1n) is 9.04. The van der Waals surface area contributed by atoms with Crippen LogP contribution in [0.15, 0.2) is 79.3 Å². The second kappa shape index (κ2) is 8.32. The molecule has 0 spiro atoms. The molecule has 0 fully saturated rings. The van der Waals surface area contributed by atoms with Crippen LogP contribution in [0.5, 0.6) is 5.75 Å². The van der Waals surface area contributed by atoms with E-state index in [1.165, 1.54) is 18.3 Å². The number of nitriles is 1. The van der Waals surface area contributed by atoms with E-state index in [0.717, 1.165) is 0 Å². The lowest BCUT2D eigenvalue weighted by molar-refractivity contribution is 0.102. The molecule has 4 rings (SSSR count). The van der Waals surface area contributed by atoms with Gasteiger partial charge in [-0.2, -0.15) is 10.4 Å². The number of amides is 1. The molecule has 2 aromatic carbocycles. The molecule has 0 saturated carbocycles. The predicted octanol–water partition coefficient (Wildman–Crippen LogP) is 3.96. The largest absolute Gasteiger partial charge is 0.479 e. The number of anilines is 1. The second-order valence-electron chi connectivity index (χ2n) is 6.29. The van der Waals surface area contributed by atoms with Crippen LogP contribution in [0.2, 0.25) is 0 Å². The highest BCUT2D eigenvalue weighted by molar-refractivity contribution is 6.06. The zero-order chi connectivity index (χ0) is 20.9. The highest BCUT2D eigenvalue weighted by atomic mass is 19.1. The first-order valence-corrected chi connectivity index (χ1v) is 9.04. The number of nitrogens with zero attached hydrogens (tertiary/aromatic N) is 4. The predicted molar refractivity (Wildman–Crippen MR) is 108 cm³/mol. The van der Waals surface area contributed by atoms with E-state index in [4.69, 9.17) is 10.00 Å². The monoisotopic (exact) mass is 401 g/mol. The maximum absolute atomic E-state index is 13.3. The molecule has 30 heavy (non-hydrogen) atoms. The van der Waals surface area contributed by atoms with Crippen molar-refractivity contribution in [2.24, 2.45) is 0 Å². The van der Waals surface area contributed by atoms with Crippen molar-refractivity contribution >= 4 is 11.6 Å². The highest BCUT2D eigenvalue weighted by Gasteiger charge is 2.20. The molecule has 0 aliphatic carbocycles. The van der Waals surface area contributed by atoms with Gasteiger partial charge in [0.15, 0.2) is 12.4 Å². The fraction of sp³-hybridized carbons (Fsp3) is 0.0455. The summed E-state index contributed by atoms with van der Waals surface area (Å²) >= 11 is 0. The SMILES string of the molecule is N#CCOc1ccc(NC(=O)c2cnn(-c3ccc(F)cc3)c2-n2cccc2)cc1. The van der Waals surface area contributed by atoms with Crippen molar-refractivity contribution in [2.75, 3.05) is 11.9 Å². The molecule has 148 valence electrons. The van der Waals surface area contributed by atoms with Crippen LogP contribution < -0.4 is 10.1 Å². The van der Waals surface area contributed by atoms with Gasteiger partial charge in [-0.3, -0.25) is 4.79 Å². The van der Waals surface area contributed by atoms with E-state index in [1.54, 1.807) is 58.0 Å². The Balaban J connectivity index is 1.64. The number of rotatable bonds is 6. The average Bonchev–Trinajstić information content (AvgIpc) is 3.43. The van der Waals surface area contributed by atoms with Gasteiger partial charge in [-0.15, -0.1) is 0 Å². The van der Waals surface area contributed by atoms with E-state index in [1.807, 2.05) is 18.2 Å². The standard InChI is InChI=1S/C22H16FN5O2/c23-16-3-7-18(8-4-16)28-22(27-12-1-2-13-27)20(15-25-28)21(29)26-17-5-9-19(10-6-17)30-14-11-24/h1-10,12-13,15H,14H2,(H,26,29). The number of halogens is 1. The molecule has 8 heteroatoms. The molecule has 7 nitrogen and oxygen atoms in total. The van der Waals surface area contributed by atoms with Crippen molar-refractivity contribution in [3.8, 4) is 23.3 Å². The maximum Gasteiger partial charge on any atom is 0.261 e. The number of hydrogen-bond donors (Lipinski definition) is 1. The number of carbonyl (C=O) groups is 1. The highest BCUT2D eigenvalue weighted by Crippen LogP contribution is 2.22. The van der Waals surface area contributed by atoms with Crippen LogP contribution in [0.1, 0.15) is 10.4 Å². The Morgan fingerprint density at radius 3 is 2.47 bits per heavy atom. The van der Waals surface area contributed by atoms with Crippen LogP contribution in [0.3, 0.4) is 0 Å². The summed E-state index contributed by atoms with van der Waals surface area (Å²) in [5, 5.41) is 15.7. The van der Waals surface area contributed by atoms with Gasteiger partial charge in [-0.1, -0.05) is 0 Å². The molecule has 0 unspecified atom stereocenters. The van der Waals surface area contributed by atoms with Crippen LogP contribution in [0, 0.1) is 17.1 Å². The summed E-state index contributed by atoms with van der Waals surface area (Å²) in [5.74, 6) is 0.358. The van der Waals surface area contributed by atoms with Gasteiger partial charge in [0.25, 0.3) is 5.91 Å². The number of nitrogens with one attached hydrogen (secondary N) is 1. The molecule has 4 aromatic rings. The molecule has 0 atom stereocenters. The van der Waals surface area contributed by atoms with Crippen LogP contribution in [-0.4, -0.2) is 26.9 Å². The Bertz CT molecular complexity index is 1190. The van der Waals surface area contributed by atoms with Crippen molar-refractivity contribution in [2.45, 2.75) is 0 Å². The third-order valence-corrected chi connectivity index (χ3v) is 4.32. The number of hydrogen-bond acceptors (Lipinski definition) is 4. The van der Waals surface area contributed by atoms with Crippen LogP contribution in [0.25, 0.3) is 11.5 Å².